The van der Waals surface area contributed by atoms with Gasteiger partial charge in [0, 0.05) is 13.1 Å². The maximum absolute atomic E-state index is 11.9. The molecule has 0 aliphatic heterocycles. The van der Waals surface area contributed by atoms with Crippen LogP contribution in [-0.4, -0.2) is 34.4 Å². The summed E-state index contributed by atoms with van der Waals surface area (Å²) in [6.07, 6.45) is -4.48. The lowest BCUT2D eigenvalue weighted by molar-refractivity contribution is -0.00340. The zero-order chi connectivity index (χ0) is 12.1. The van der Waals surface area contributed by atoms with Gasteiger partial charge in [-0.3, -0.25) is 0 Å². The molecule has 0 aromatic heterocycles. The van der Waals surface area contributed by atoms with Gasteiger partial charge >= 0.3 is 0 Å². The fourth-order valence-electron chi connectivity index (χ4n) is 1.13. The largest absolute Gasteiger partial charge is 0.504 e. The number of aromatic hydroxyl groups is 2. The smallest absolute Gasteiger partial charge is 0.265 e. The molecule has 0 spiro atoms. The van der Waals surface area contributed by atoms with Crippen LogP contribution in [0.2, 0.25) is 0 Å². The van der Waals surface area contributed by atoms with Crippen LogP contribution in [0.3, 0.4) is 0 Å². The third kappa shape index (κ3) is 3.63. The topological polar surface area (TPSA) is 72.7 Å². The van der Waals surface area contributed by atoms with E-state index in [4.69, 9.17) is 15.3 Å². The minimum atomic E-state index is -2.78. The first-order valence-electron chi connectivity index (χ1n) is 4.68. The molecular weight excluding hydrogens is 220 g/mol. The third-order valence-corrected chi connectivity index (χ3v) is 2.01. The molecule has 1 aromatic rings. The predicted molar refractivity (Wildman–Crippen MR) is 53.5 cm³/mol. The number of aliphatic hydroxyl groups is 1. The number of hydrogen-bond donors (Lipinski definition) is 4. The summed E-state index contributed by atoms with van der Waals surface area (Å²) < 4.78 is 23.8. The zero-order valence-corrected chi connectivity index (χ0v) is 8.40. The van der Waals surface area contributed by atoms with Gasteiger partial charge in [-0.05, 0) is 17.7 Å². The van der Waals surface area contributed by atoms with E-state index in [0.717, 1.165) is 0 Å². The molecule has 1 unspecified atom stereocenters. The number of benzene rings is 1. The Morgan fingerprint density at radius 2 is 1.88 bits per heavy atom. The lowest BCUT2D eigenvalue weighted by Crippen LogP contribution is -2.31. The van der Waals surface area contributed by atoms with Gasteiger partial charge in [-0.1, -0.05) is 6.07 Å². The molecule has 4 nitrogen and oxygen atoms in total. The summed E-state index contributed by atoms with van der Waals surface area (Å²) in [6, 6.07) is 4.16. The minimum Gasteiger partial charge on any atom is -0.504 e. The number of phenolic OH excluding ortho intramolecular Hbond substituents is 2. The fourth-order valence-corrected chi connectivity index (χ4v) is 1.13. The normalized spacial score (nSPS) is 13.0. The first kappa shape index (κ1) is 12.7. The number of halogens is 2. The first-order valence-corrected chi connectivity index (χ1v) is 4.68. The average molecular weight is 233 g/mol. The Morgan fingerprint density at radius 3 is 2.44 bits per heavy atom. The zero-order valence-electron chi connectivity index (χ0n) is 8.40. The highest BCUT2D eigenvalue weighted by Crippen LogP contribution is 2.24. The van der Waals surface area contributed by atoms with E-state index in [1.807, 2.05) is 0 Å². The molecular formula is C10H13F2NO3. The number of aliphatic hydroxyl groups excluding tert-OH is 1. The Kier molecular flexibility index (Phi) is 4.45. The van der Waals surface area contributed by atoms with Gasteiger partial charge in [-0.25, -0.2) is 8.78 Å². The maximum Gasteiger partial charge on any atom is 0.265 e. The van der Waals surface area contributed by atoms with Crippen LogP contribution in [0.4, 0.5) is 8.78 Å². The quantitative estimate of drug-likeness (QED) is 0.568. The molecule has 6 heteroatoms. The number of hydrogen-bond acceptors (Lipinski definition) is 4. The van der Waals surface area contributed by atoms with Crippen molar-refractivity contribution in [1.29, 1.82) is 0 Å². The van der Waals surface area contributed by atoms with Crippen molar-refractivity contribution in [3.63, 3.8) is 0 Å². The van der Waals surface area contributed by atoms with E-state index in [-0.39, 0.29) is 24.6 Å². The van der Waals surface area contributed by atoms with Crippen molar-refractivity contribution in [3.05, 3.63) is 23.8 Å². The standard InChI is InChI=1S/C10H13F2NO3/c11-10(12)9(16)5-13-4-6-1-2-7(14)8(15)3-6/h1-3,9-10,13-16H,4-5H2. The molecule has 16 heavy (non-hydrogen) atoms. The fraction of sp³-hybridized carbons (Fsp3) is 0.400. The van der Waals surface area contributed by atoms with Crippen LogP contribution >= 0.6 is 0 Å². The number of alkyl halides is 2. The molecule has 4 N–H and O–H groups in total. The van der Waals surface area contributed by atoms with Crippen LogP contribution in [0, 0.1) is 0 Å². The lowest BCUT2D eigenvalue weighted by atomic mass is 10.2. The van der Waals surface area contributed by atoms with Crippen LogP contribution in [0.15, 0.2) is 18.2 Å². The van der Waals surface area contributed by atoms with Crippen LogP contribution in [0.5, 0.6) is 11.5 Å². The van der Waals surface area contributed by atoms with Gasteiger partial charge in [0.25, 0.3) is 6.43 Å². The Morgan fingerprint density at radius 1 is 1.19 bits per heavy atom. The summed E-state index contributed by atoms with van der Waals surface area (Å²) in [5, 5.41) is 29.6. The third-order valence-electron chi connectivity index (χ3n) is 2.01. The molecule has 1 aromatic carbocycles. The molecule has 0 saturated carbocycles. The molecule has 0 saturated heterocycles. The van der Waals surface area contributed by atoms with Crippen LogP contribution in [0.1, 0.15) is 5.56 Å². The van der Waals surface area contributed by atoms with Gasteiger partial charge in [0.15, 0.2) is 11.5 Å². The van der Waals surface area contributed by atoms with Crippen LogP contribution in [-0.2, 0) is 6.54 Å². The number of phenols is 2. The highest BCUT2D eigenvalue weighted by Gasteiger charge is 2.15. The van der Waals surface area contributed by atoms with Gasteiger partial charge in [-0.15, -0.1) is 0 Å². The van der Waals surface area contributed by atoms with Crippen molar-refractivity contribution in [2.24, 2.45) is 0 Å². The van der Waals surface area contributed by atoms with Crippen molar-refractivity contribution in [2.45, 2.75) is 19.1 Å². The molecule has 1 rings (SSSR count). The van der Waals surface area contributed by atoms with E-state index in [2.05, 4.69) is 5.32 Å². The summed E-state index contributed by atoms with van der Waals surface area (Å²) in [4.78, 5) is 0. The maximum atomic E-state index is 11.9. The molecule has 0 fully saturated rings. The molecule has 0 radical (unpaired) electrons. The van der Waals surface area contributed by atoms with Gasteiger partial charge in [0.1, 0.15) is 6.10 Å². The van der Waals surface area contributed by atoms with Gasteiger partial charge in [-0.2, -0.15) is 0 Å². The SMILES string of the molecule is Oc1ccc(CNCC(O)C(F)F)cc1O. The van der Waals surface area contributed by atoms with E-state index in [1.54, 1.807) is 0 Å². The monoisotopic (exact) mass is 233 g/mol. The van der Waals surface area contributed by atoms with E-state index < -0.39 is 12.5 Å². The summed E-state index contributed by atoms with van der Waals surface area (Å²) in [5.41, 5.74) is 0.622. The van der Waals surface area contributed by atoms with Crippen molar-refractivity contribution in [2.75, 3.05) is 6.54 Å². The summed E-state index contributed by atoms with van der Waals surface area (Å²) in [6.45, 7) is -0.0169. The van der Waals surface area contributed by atoms with Gasteiger partial charge in [0.2, 0.25) is 0 Å². The highest BCUT2D eigenvalue weighted by atomic mass is 19.3. The molecule has 0 aliphatic rings. The highest BCUT2D eigenvalue weighted by molar-refractivity contribution is 5.40. The molecule has 0 heterocycles. The minimum absolute atomic E-state index is 0.220. The first-order chi connectivity index (χ1) is 7.50. The Labute approximate surface area is 91.2 Å². The van der Waals surface area contributed by atoms with Gasteiger partial charge in [0.05, 0.1) is 0 Å². The van der Waals surface area contributed by atoms with Crippen LogP contribution < -0.4 is 5.32 Å². The van der Waals surface area contributed by atoms with Crippen molar-refractivity contribution in [1.82, 2.24) is 5.32 Å². The molecule has 0 bridgehead atoms. The second-order valence-electron chi connectivity index (χ2n) is 3.36. The van der Waals surface area contributed by atoms with E-state index in [1.165, 1.54) is 18.2 Å². The van der Waals surface area contributed by atoms with E-state index in [0.29, 0.717) is 5.56 Å². The second-order valence-corrected chi connectivity index (χ2v) is 3.36. The summed E-state index contributed by atoms with van der Waals surface area (Å²) >= 11 is 0. The molecule has 0 amide bonds. The van der Waals surface area contributed by atoms with E-state index >= 15 is 0 Å². The van der Waals surface area contributed by atoms with E-state index in [9.17, 15) is 8.78 Å². The molecule has 1 atom stereocenters. The second kappa shape index (κ2) is 5.62. The Hall–Kier alpha value is -1.40. The summed E-state index contributed by atoms with van der Waals surface area (Å²) in [7, 11) is 0. The van der Waals surface area contributed by atoms with Crippen molar-refractivity contribution in [3.8, 4) is 11.5 Å². The van der Waals surface area contributed by atoms with Gasteiger partial charge < -0.3 is 20.6 Å². The van der Waals surface area contributed by atoms with Crippen molar-refractivity contribution < 1.29 is 24.1 Å². The number of nitrogens with one attached hydrogen (secondary N) is 1. The predicted octanol–water partition coefficient (Wildman–Crippen LogP) is 0.813. The molecule has 90 valence electrons. The van der Waals surface area contributed by atoms with Crippen LogP contribution in [0.25, 0.3) is 0 Å². The average Bonchev–Trinajstić information content (AvgIpc) is 2.23. The molecule has 0 aliphatic carbocycles. The lowest BCUT2D eigenvalue weighted by Gasteiger charge is -2.10. The number of rotatable bonds is 5. The van der Waals surface area contributed by atoms with Crippen molar-refractivity contribution >= 4 is 0 Å². The Balaban J connectivity index is 2.40. The Bertz CT molecular complexity index is 347. The summed E-state index contributed by atoms with van der Waals surface area (Å²) in [5.74, 6) is -0.509.